The molecule has 1 aliphatic carbocycles. The lowest BCUT2D eigenvalue weighted by atomic mass is 9.73. The average molecular weight is 547 g/mol. The predicted molar refractivity (Wildman–Crippen MR) is 141 cm³/mol. The number of carbonyl (C=O) groups excluding carboxylic acids is 2. The van der Waals surface area contributed by atoms with Crippen molar-refractivity contribution < 1.29 is 37.0 Å². The highest BCUT2D eigenvalue weighted by Crippen LogP contribution is 2.49. The Morgan fingerprint density at radius 2 is 1.56 bits per heavy atom. The number of nitrogens with one attached hydrogen (secondary N) is 1. The number of halogens is 3. The Balaban J connectivity index is 1.75. The lowest BCUT2D eigenvalue weighted by molar-refractivity contribution is -0.141. The van der Waals surface area contributed by atoms with Crippen molar-refractivity contribution in [2.75, 3.05) is 5.32 Å². The fraction of sp³-hybridized carbons (Fsp3) is 0.448. The van der Waals surface area contributed by atoms with E-state index in [4.69, 9.17) is 14.2 Å². The summed E-state index contributed by atoms with van der Waals surface area (Å²) in [6.45, 7) is 10.4. The van der Waals surface area contributed by atoms with Crippen LogP contribution in [0.3, 0.4) is 0 Å². The van der Waals surface area contributed by atoms with E-state index in [1.54, 1.807) is 65.8 Å². The molecule has 4 rings (SSSR count). The largest absolute Gasteiger partial charge is 0.483 e. The van der Waals surface area contributed by atoms with Gasteiger partial charge in [-0.25, -0.2) is 9.59 Å². The molecule has 0 bridgehead atoms. The molecule has 2 aromatic carbocycles. The molecular formula is C29H33F3N2O5. The summed E-state index contributed by atoms with van der Waals surface area (Å²) < 4.78 is 59.9. The van der Waals surface area contributed by atoms with Crippen LogP contribution in [0, 0.1) is 0 Å². The van der Waals surface area contributed by atoms with Gasteiger partial charge in [0.2, 0.25) is 0 Å². The van der Waals surface area contributed by atoms with Crippen LogP contribution >= 0.6 is 0 Å². The first kappa shape index (κ1) is 28.3. The maximum absolute atomic E-state index is 13.8. The Morgan fingerprint density at radius 3 is 2.13 bits per heavy atom. The van der Waals surface area contributed by atoms with Crippen LogP contribution in [0.5, 0.6) is 5.75 Å². The Bertz CT molecular complexity index is 1390. The van der Waals surface area contributed by atoms with Crippen molar-refractivity contribution in [3.8, 4) is 5.75 Å². The summed E-state index contributed by atoms with van der Waals surface area (Å²) in [7, 11) is 0. The number of alkyl halides is 3. The van der Waals surface area contributed by atoms with Gasteiger partial charge in [-0.1, -0.05) is 18.2 Å². The number of rotatable bonds is 4. The first-order valence-electron chi connectivity index (χ1n) is 12.7. The Morgan fingerprint density at radius 1 is 0.923 bits per heavy atom. The molecule has 0 atom stereocenters. The number of amides is 1. The van der Waals surface area contributed by atoms with Crippen LogP contribution in [-0.4, -0.2) is 28.0 Å². The van der Waals surface area contributed by atoms with Gasteiger partial charge in [0.05, 0.1) is 16.8 Å². The maximum atomic E-state index is 13.8. The third-order valence-electron chi connectivity index (χ3n) is 6.20. The highest BCUT2D eigenvalue weighted by atomic mass is 19.4. The number of nitrogens with zero attached hydrogens (tertiary/aromatic N) is 1. The minimum Gasteiger partial charge on any atom is -0.483 e. The van der Waals surface area contributed by atoms with Gasteiger partial charge in [0.25, 0.3) is 0 Å². The third-order valence-corrected chi connectivity index (χ3v) is 6.20. The lowest BCUT2D eigenvalue weighted by Crippen LogP contribution is -2.41. The fourth-order valence-corrected chi connectivity index (χ4v) is 4.53. The maximum Gasteiger partial charge on any atom is 0.419 e. The highest BCUT2D eigenvalue weighted by molar-refractivity contribution is 6.03. The van der Waals surface area contributed by atoms with E-state index >= 15 is 0 Å². The summed E-state index contributed by atoms with van der Waals surface area (Å²) in [6, 6.07) is 10.2. The average Bonchev–Trinajstić information content (AvgIpc) is 3.11. The molecule has 1 saturated carbocycles. The summed E-state index contributed by atoms with van der Waals surface area (Å²) >= 11 is 0. The van der Waals surface area contributed by atoms with Gasteiger partial charge in [0.15, 0.2) is 0 Å². The van der Waals surface area contributed by atoms with Gasteiger partial charge < -0.3 is 14.2 Å². The van der Waals surface area contributed by atoms with Gasteiger partial charge in [-0.2, -0.15) is 13.2 Å². The molecule has 0 radical (unpaired) electrons. The lowest BCUT2D eigenvalue weighted by Gasteiger charge is -2.43. The number of ether oxygens (including phenoxy) is 3. The molecule has 1 N–H and O–H groups in total. The van der Waals surface area contributed by atoms with Crippen molar-refractivity contribution in [2.45, 2.75) is 83.8 Å². The summed E-state index contributed by atoms with van der Waals surface area (Å²) in [5.74, 6) is 0.299. The standard InChI is InChI=1S/C29H33F3N2O5/c1-26(2,3)38-24(35)33-22-17-34(25(36)39-27(4,5)6)23-13-12-18(16-19(22)23)37-28(14-9-15-28)20-10-7-8-11-21(20)29(30,31)32/h7-8,10-13,16-17H,9,14-15H2,1-6H3,(H,33,35). The van der Waals surface area contributed by atoms with E-state index in [1.807, 2.05) is 0 Å². The zero-order valence-electron chi connectivity index (χ0n) is 22.9. The number of hydrogen-bond acceptors (Lipinski definition) is 5. The van der Waals surface area contributed by atoms with Crippen molar-refractivity contribution in [2.24, 2.45) is 0 Å². The molecule has 3 aromatic rings. The fourth-order valence-electron chi connectivity index (χ4n) is 4.53. The van der Waals surface area contributed by atoms with E-state index in [1.165, 1.54) is 22.9 Å². The molecule has 1 aliphatic rings. The smallest absolute Gasteiger partial charge is 0.419 e. The molecule has 0 unspecified atom stereocenters. The number of benzene rings is 2. The van der Waals surface area contributed by atoms with Crippen molar-refractivity contribution in [3.05, 3.63) is 59.8 Å². The molecule has 10 heteroatoms. The van der Waals surface area contributed by atoms with Crippen LogP contribution in [0.4, 0.5) is 28.4 Å². The quantitative estimate of drug-likeness (QED) is 0.356. The molecule has 1 amide bonds. The Labute approximate surface area is 225 Å². The summed E-state index contributed by atoms with van der Waals surface area (Å²) in [5.41, 5.74) is -2.64. The minimum absolute atomic E-state index is 0.0854. The second-order valence-corrected chi connectivity index (χ2v) is 11.7. The van der Waals surface area contributed by atoms with Crippen LogP contribution < -0.4 is 10.1 Å². The monoisotopic (exact) mass is 546 g/mol. The van der Waals surface area contributed by atoms with Gasteiger partial charge >= 0.3 is 18.4 Å². The highest BCUT2D eigenvalue weighted by Gasteiger charge is 2.47. The molecule has 1 aromatic heterocycles. The van der Waals surface area contributed by atoms with Crippen LogP contribution in [0.2, 0.25) is 0 Å². The van der Waals surface area contributed by atoms with Crippen LogP contribution in [0.15, 0.2) is 48.7 Å². The first-order valence-corrected chi connectivity index (χ1v) is 12.7. The van der Waals surface area contributed by atoms with Gasteiger partial charge in [-0.05, 0) is 85.1 Å². The predicted octanol–water partition coefficient (Wildman–Crippen LogP) is 8.25. The van der Waals surface area contributed by atoms with E-state index in [0.29, 0.717) is 29.5 Å². The number of hydrogen-bond donors (Lipinski definition) is 1. The number of anilines is 1. The number of fused-ring (bicyclic) bond motifs is 1. The zero-order chi connectivity index (χ0) is 28.8. The molecule has 1 fully saturated rings. The van der Waals surface area contributed by atoms with E-state index in [2.05, 4.69) is 5.32 Å². The zero-order valence-corrected chi connectivity index (χ0v) is 22.9. The summed E-state index contributed by atoms with van der Waals surface area (Å²) in [5, 5.41) is 3.10. The minimum atomic E-state index is -4.53. The van der Waals surface area contributed by atoms with Crippen molar-refractivity contribution in [1.29, 1.82) is 0 Å². The van der Waals surface area contributed by atoms with Crippen molar-refractivity contribution in [3.63, 3.8) is 0 Å². The Kier molecular flexibility index (Phi) is 7.12. The van der Waals surface area contributed by atoms with Crippen LogP contribution in [0.1, 0.15) is 71.9 Å². The molecule has 0 aliphatic heterocycles. The molecule has 0 saturated heterocycles. The topological polar surface area (TPSA) is 78.8 Å². The van der Waals surface area contributed by atoms with E-state index in [9.17, 15) is 22.8 Å². The van der Waals surface area contributed by atoms with Gasteiger partial charge in [0.1, 0.15) is 22.6 Å². The number of aromatic nitrogens is 1. The summed E-state index contributed by atoms with van der Waals surface area (Å²) in [4.78, 5) is 25.5. The van der Waals surface area contributed by atoms with E-state index in [-0.39, 0.29) is 11.3 Å². The SMILES string of the molecule is CC(C)(C)OC(=O)Nc1cn(C(=O)OC(C)(C)C)c2ccc(OC3(c4ccccc4C(F)(F)F)CCC3)cc12. The van der Waals surface area contributed by atoms with E-state index < -0.39 is 40.7 Å². The van der Waals surface area contributed by atoms with Crippen molar-refractivity contribution >= 4 is 28.8 Å². The number of carbonyl (C=O) groups is 2. The van der Waals surface area contributed by atoms with Crippen LogP contribution in [-0.2, 0) is 21.3 Å². The summed E-state index contributed by atoms with van der Waals surface area (Å²) in [6.07, 6.45) is -2.94. The molecule has 0 spiro atoms. The van der Waals surface area contributed by atoms with Crippen LogP contribution in [0.25, 0.3) is 10.9 Å². The molecule has 39 heavy (non-hydrogen) atoms. The van der Waals surface area contributed by atoms with Gasteiger partial charge in [-0.15, -0.1) is 0 Å². The molecular weight excluding hydrogens is 513 g/mol. The first-order chi connectivity index (χ1) is 18.0. The van der Waals surface area contributed by atoms with E-state index in [0.717, 1.165) is 12.5 Å². The third kappa shape index (κ3) is 6.32. The Hall–Kier alpha value is -3.69. The van der Waals surface area contributed by atoms with Gasteiger partial charge in [0, 0.05) is 17.1 Å². The second-order valence-electron chi connectivity index (χ2n) is 11.7. The van der Waals surface area contributed by atoms with Crippen molar-refractivity contribution in [1.82, 2.24) is 4.57 Å². The van der Waals surface area contributed by atoms with Gasteiger partial charge in [-0.3, -0.25) is 9.88 Å². The molecule has 1 heterocycles. The second kappa shape index (κ2) is 9.81. The molecule has 7 nitrogen and oxygen atoms in total. The normalized spacial score (nSPS) is 15.4. The molecule has 210 valence electrons.